The van der Waals surface area contributed by atoms with E-state index in [-0.39, 0.29) is 37.3 Å². The van der Waals surface area contributed by atoms with Gasteiger partial charge in [0.15, 0.2) is 0 Å². The summed E-state index contributed by atoms with van der Waals surface area (Å²) in [5.74, 6) is -0.183. The smallest absolute Gasteiger partial charge is 0.234 e. The monoisotopic (exact) mass is 323 g/mol. The molecule has 0 heterocycles. The number of nitrogens with zero attached hydrogens (tertiary/aromatic N) is 1. The van der Waals surface area contributed by atoms with Gasteiger partial charge in [-0.3, -0.25) is 14.5 Å². The Bertz CT molecular complexity index is 549. The highest BCUT2D eigenvalue weighted by atomic mass is 19.1. The first kappa shape index (κ1) is 17.2. The fourth-order valence-corrected chi connectivity index (χ4v) is 2.02. The summed E-state index contributed by atoms with van der Waals surface area (Å²) in [4.78, 5) is 25.0. The van der Waals surface area contributed by atoms with Crippen LogP contribution >= 0.6 is 0 Å². The third-order valence-corrected chi connectivity index (χ3v) is 3.26. The van der Waals surface area contributed by atoms with Crippen LogP contribution in [0.25, 0.3) is 0 Å². The molecule has 2 N–H and O–H groups in total. The van der Waals surface area contributed by atoms with Crippen molar-refractivity contribution in [3.05, 3.63) is 30.1 Å². The average molecular weight is 323 g/mol. The van der Waals surface area contributed by atoms with Gasteiger partial charge in [0.25, 0.3) is 0 Å². The Morgan fingerprint density at radius 2 is 2.04 bits per heavy atom. The van der Waals surface area contributed by atoms with Crippen LogP contribution in [-0.4, -0.2) is 56.0 Å². The summed E-state index contributed by atoms with van der Waals surface area (Å²) in [6, 6.07) is 6.16. The van der Waals surface area contributed by atoms with Crippen LogP contribution in [0.3, 0.4) is 0 Å². The lowest BCUT2D eigenvalue weighted by atomic mass is 10.3. The van der Waals surface area contributed by atoms with Crippen molar-refractivity contribution in [2.45, 2.75) is 18.9 Å². The molecule has 1 aromatic rings. The van der Waals surface area contributed by atoms with Crippen molar-refractivity contribution < 1.29 is 18.7 Å². The summed E-state index contributed by atoms with van der Waals surface area (Å²) in [5, 5.41) is 5.56. The van der Waals surface area contributed by atoms with E-state index in [9.17, 15) is 14.0 Å². The summed E-state index contributed by atoms with van der Waals surface area (Å²) >= 11 is 0. The second-order valence-electron chi connectivity index (χ2n) is 5.67. The van der Waals surface area contributed by atoms with Gasteiger partial charge in [-0.2, -0.15) is 0 Å². The third kappa shape index (κ3) is 7.10. The Kier molecular flexibility index (Phi) is 6.34. The molecular formula is C16H22FN3O3. The van der Waals surface area contributed by atoms with Gasteiger partial charge in [-0.25, -0.2) is 4.39 Å². The van der Waals surface area contributed by atoms with Crippen LogP contribution in [0.4, 0.5) is 4.39 Å². The average Bonchev–Trinajstić information content (AvgIpc) is 3.27. The molecule has 1 aliphatic carbocycles. The molecule has 1 aliphatic rings. The summed E-state index contributed by atoms with van der Waals surface area (Å²) in [5.41, 5.74) is 0. The van der Waals surface area contributed by atoms with Crippen LogP contribution in [0.1, 0.15) is 12.8 Å². The van der Waals surface area contributed by atoms with Crippen LogP contribution in [-0.2, 0) is 9.59 Å². The molecule has 7 heteroatoms. The maximum atomic E-state index is 12.9. The molecule has 0 saturated heterocycles. The molecule has 0 aliphatic heterocycles. The molecule has 0 bridgehead atoms. The number of rotatable bonds is 9. The summed E-state index contributed by atoms with van der Waals surface area (Å²) in [6.07, 6.45) is 2.09. The molecule has 1 fully saturated rings. The second kappa shape index (κ2) is 8.47. The highest BCUT2D eigenvalue weighted by molar-refractivity contribution is 5.81. The van der Waals surface area contributed by atoms with Gasteiger partial charge >= 0.3 is 0 Å². The van der Waals surface area contributed by atoms with Crippen LogP contribution in [0.5, 0.6) is 5.75 Å². The van der Waals surface area contributed by atoms with Crippen molar-refractivity contribution in [3.8, 4) is 5.75 Å². The molecule has 0 spiro atoms. The number of amides is 2. The number of likely N-dealkylation sites (N-methyl/N-ethyl adjacent to an activating group) is 1. The lowest BCUT2D eigenvalue weighted by Gasteiger charge is -2.16. The fraction of sp³-hybridized carbons (Fsp3) is 0.500. The van der Waals surface area contributed by atoms with Crippen LogP contribution in [0, 0.1) is 5.82 Å². The predicted octanol–water partition coefficient (Wildman–Crippen LogP) is 0.531. The molecule has 6 nitrogen and oxygen atoms in total. The van der Waals surface area contributed by atoms with E-state index in [1.165, 1.54) is 12.1 Å². The van der Waals surface area contributed by atoms with Gasteiger partial charge in [-0.05, 0) is 32.0 Å². The zero-order valence-electron chi connectivity index (χ0n) is 13.2. The number of benzene rings is 1. The van der Waals surface area contributed by atoms with Gasteiger partial charge in [0, 0.05) is 12.1 Å². The Labute approximate surface area is 135 Å². The molecule has 126 valence electrons. The minimum absolute atomic E-state index is 0.0581. The SMILES string of the molecule is CN(CC(=O)NCCOc1cccc(F)c1)CC(=O)NC1CC1. The number of halogens is 1. The molecule has 23 heavy (non-hydrogen) atoms. The van der Waals surface area contributed by atoms with Crippen molar-refractivity contribution >= 4 is 11.8 Å². The standard InChI is InChI=1S/C16H22FN3O3/c1-20(11-16(22)19-13-5-6-13)10-15(21)18-7-8-23-14-4-2-3-12(17)9-14/h2-4,9,13H,5-8,10-11H2,1H3,(H,18,21)(H,19,22). The molecule has 0 atom stereocenters. The Balaban J connectivity index is 1.56. The molecule has 2 amide bonds. The van der Waals surface area contributed by atoms with Gasteiger partial charge < -0.3 is 15.4 Å². The molecule has 0 radical (unpaired) electrons. The van der Waals surface area contributed by atoms with Crippen LogP contribution in [0.15, 0.2) is 24.3 Å². The Morgan fingerprint density at radius 3 is 2.74 bits per heavy atom. The summed E-state index contributed by atoms with van der Waals surface area (Å²) < 4.78 is 18.3. The first-order chi connectivity index (χ1) is 11.0. The first-order valence-corrected chi connectivity index (χ1v) is 7.66. The Morgan fingerprint density at radius 1 is 1.30 bits per heavy atom. The molecule has 0 aromatic heterocycles. The molecule has 1 saturated carbocycles. The largest absolute Gasteiger partial charge is 0.492 e. The van der Waals surface area contributed by atoms with Gasteiger partial charge in [0.1, 0.15) is 18.2 Å². The molecule has 1 aromatic carbocycles. The second-order valence-corrected chi connectivity index (χ2v) is 5.67. The van der Waals surface area contributed by atoms with E-state index in [1.54, 1.807) is 24.1 Å². The minimum Gasteiger partial charge on any atom is -0.492 e. The van der Waals surface area contributed by atoms with Crippen molar-refractivity contribution in [2.24, 2.45) is 0 Å². The number of ether oxygens (including phenoxy) is 1. The summed E-state index contributed by atoms with van der Waals surface area (Å²) in [6.45, 7) is 0.903. The van der Waals surface area contributed by atoms with Gasteiger partial charge in [0.05, 0.1) is 19.6 Å². The maximum absolute atomic E-state index is 12.9. The topological polar surface area (TPSA) is 70.7 Å². The normalized spacial score (nSPS) is 13.7. The predicted molar refractivity (Wildman–Crippen MR) is 83.6 cm³/mol. The van der Waals surface area contributed by atoms with Crippen molar-refractivity contribution in [1.29, 1.82) is 0 Å². The number of nitrogens with one attached hydrogen (secondary N) is 2. The van der Waals surface area contributed by atoms with Crippen molar-refractivity contribution in [1.82, 2.24) is 15.5 Å². The fourth-order valence-electron chi connectivity index (χ4n) is 2.02. The van der Waals surface area contributed by atoms with Crippen LogP contribution in [0.2, 0.25) is 0 Å². The number of carbonyl (C=O) groups is 2. The highest BCUT2D eigenvalue weighted by Crippen LogP contribution is 2.18. The lowest BCUT2D eigenvalue weighted by Crippen LogP contribution is -2.42. The highest BCUT2D eigenvalue weighted by Gasteiger charge is 2.23. The molecular weight excluding hydrogens is 301 g/mol. The van der Waals surface area contributed by atoms with E-state index in [0.717, 1.165) is 12.8 Å². The van der Waals surface area contributed by atoms with E-state index in [0.29, 0.717) is 18.3 Å². The van der Waals surface area contributed by atoms with E-state index in [2.05, 4.69) is 10.6 Å². The first-order valence-electron chi connectivity index (χ1n) is 7.66. The quantitative estimate of drug-likeness (QED) is 0.651. The number of carbonyl (C=O) groups excluding carboxylic acids is 2. The lowest BCUT2D eigenvalue weighted by molar-refractivity contribution is -0.124. The van der Waals surface area contributed by atoms with Crippen molar-refractivity contribution in [3.63, 3.8) is 0 Å². The van der Waals surface area contributed by atoms with Gasteiger partial charge in [0.2, 0.25) is 11.8 Å². The minimum atomic E-state index is -0.363. The van der Waals surface area contributed by atoms with E-state index in [1.807, 2.05) is 0 Å². The number of hydrogen-bond donors (Lipinski definition) is 2. The van der Waals surface area contributed by atoms with Gasteiger partial charge in [-0.1, -0.05) is 6.07 Å². The van der Waals surface area contributed by atoms with E-state index < -0.39 is 0 Å². The van der Waals surface area contributed by atoms with E-state index in [4.69, 9.17) is 4.74 Å². The maximum Gasteiger partial charge on any atom is 0.234 e. The molecule has 2 rings (SSSR count). The zero-order valence-corrected chi connectivity index (χ0v) is 13.2. The van der Waals surface area contributed by atoms with E-state index >= 15 is 0 Å². The zero-order chi connectivity index (χ0) is 16.7. The molecule has 0 unspecified atom stereocenters. The number of hydrogen-bond acceptors (Lipinski definition) is 4. The summed E-state index contributed by atoms with van der Waals surface area (Å²) in [7, 11) is 1.72. The Hall–Kier alpha value is -2.15. The van der Waals surface area contributed by atoms with Crippen molar-refractivity contribution in [2.75, 3.05) is 33.3 Å². The van der Waals surface area contributed by atoms with Crippen LogP contribution < -0.4 is 15.4 Å². The van der Waals surface area contributed by atoms with Gasteiger partial charge in [-0.15, -0.1) is 0 Å². The third-order valence-electron chi connectivity index (χ3n) is 3.26.